The van der Waals surface area contributed by atoms with E-state index in [-0.39, 0.29) is 5.91 Å². The molecule has 0 aliphatic heterocycles. The van der Waals surface area contributed by atoms with Crippen molar-refractivity contribution in [1.82, 2.24) is 10.3 Å². The number of thiazole rings is 1. The molecule has 0 atom stereocenters. The number of rotatable bonds is 11. The molecule has 2 aromatic carbocycles. The second-order valence-corrected chi connectivity index (χ2v) is 7.59. The molecule has 3 aromatic rings. The number of amides is 1. The van der Waals surface area contributed by atoms with Gasteiger partial charge in [-0.05, 0) is 50.1 Å². The molecule has 8 heteroatoms. The molecule has 0 fully saturated rings. The molecule has 1 amide bonds. The summed E-state index contributed by atoms with van der Waals surface area (Å²) in [5.74, 6) is 2.44. The van der Waals surface area contributed by atoms with Crippen LogP contribution in [0.4, 0.5) is 0 Å². The van der Waals surface area contributed by atoms with Crippen LogP contribution in [0.3, 0.4) is 0 Å². The van der Waals surface area contributed by atoms with E-state index >= 15 is 0 Å². The fraction of sp³-hybridized carbons (Fsp3) is 0.333. The maximum atomic E-state index is 12.6. The first-order valence-corrected chi connectivity index (χ1v) is 11.3. The Balaban J connectivity index is 1.64. The molecule has 0 bridgehead atoms. The highest BCUT2D eigenvalue weighted by Crippen LogP contribution is 2.39. The van der Waals surface area contributed by atoms with Gasteiger partial charge in [-0.25, -0.2) is 4.98 Å². The molecule has 0 saturated heterocycles. The van der Waals surface area contributed by atoms with Crippen LogP contribution in [0.5, 0.6) is 23.0 Å². The number of para-hydroxylation sites is 1. The fourth-order valence-corrected chi connectivity index (χ4v) is 4.04. The molecule has 170 valence electrons. The van der Waals surface area contributed by atoms with E-state index in [4.69, 9.17) is 18.9 Å². The molecule has 1 heterocycles. The minimum absolute atomic E-state index is 0.217. The summed E-state index contributed by atoms with van der Waals surface area (Å²) in [6, 6.07) is 11.4. The van der Waals surface area contributed by atoms with Crippen molar-refractivity contribution in [3.8, 4) is 33.6 Å². The molecule has 0 aliphatic rings. The average molecular weight is 457 g/mol. The van der Waals surface area contributed by atoms with Crippen LogP contribution in [0, 0.1) is 0 Å². The number of methoxy groups -OCH3 is 2. The third kappa shape index (κ3) is 5.50. The number of carbonyl (C=O) groups is 1. The Labute approximate surface area is 192 Å². The highest BCUT2D eigenvalue weighted by Gasteiger charge is 2.17. The minimum Gasteiger partial charge on any atom is -0.493 e. The second kappa shape index (κ2) is 11.4. The molecular weight excluding hydrogens is 428 g/mol. The van der Waals surface area contributed by atoms with Crippen molar-refractivity contribution in [2.45, 2.75) is 20.3 Å². The van der Waals surface area contributed by atoms with Gasteiger partial charge in [-0.15, -0.1) is 11.3 Å². The molecule has 0 spiro atoms. The van der Waals surface area contributed by atoms with E-state index in [2.05, 4.69) is 10.3 Å². The predicted octanol–water partition coefficient (Wildman–Crippen LogP) is 4.60. The fourth-order valence-electron chi connectivity index (χ4n) is 3.22. The standard InChI is InChI=1S/C24H28N2O5S/c1-5-30-19-11-10-16(14-21(19)31-6-2)12-13-25-23(27)18-15-32-24(26-18)17-8-7-9-20(28-3)22(17)29-4/h7-11,14-15H,5-6,12-13H2,1-4H3,(H,25,27). The van der Waals surface area contributed by atoms with Crippen LogP contribution in [-0.4, -0.2) is 44.9 Å². The Morgan fingerprint density at radius 3 is 2.50 bits per heavy atom. The quantitative estimate of drug-likeness (QED) is 0.454. The lowest BCUT2D eigenvalue weighted by atomic mass is 10.1. The summed E-state index contributed by atoms with van der Waals surface area (Å²) in [5, 5.41) is 5.37. The Kier molecular flexibility index (Phi) is 8.33. The maximum Gasteiger partial charge on any atom is 0.270 e. The van der Waals surface area contributed by atoms with E-state index in [0.717, 1.165) is 22.6 Å². The zero-order valence-corrected chi connectivity index (χ0v) is 19.6. The van der Waals surface area contributed by atoms with Crippen LogP contribution >= 0.6 is 11.3 Å². The zero-order valence-electron chi connectivity index (χ0n) is 18.8. The number of carbonyl (C=O) groups excluding carboxylic acids is 1. The van der Waals surface area contributed by atoms with Gasteiger partial charge in [0.1, 0.15) is 10.7 Å². The molecule has 0 saturated carbocycles. The molecule has 3 rings (SSSR count). The van der Waals surface area contributed by atoms with E-state index in [1.54, 1.807) is 19.6 Å². The third-order valence-electron chi connectivity index (χ3n) is 4.68. The summed E-state index contributed by atoms with van der Waals surface area (Å²) in [5.41, 5.74) is 2.21. The number of nitrogens with one attached hydrogen (secondary N) is 1. The maximum absolute atomic E-state index is 12.6. The number of ether oxygens (including phenoxy) is 4. The van der Waals surface area contributed by atoms with Gasteiger partial charge in [-0.2, -0.15) is 0 Å². The van der Waals surface area contributed by atoms with Gasteiger partial charge in [0, 0.05) is 11.9 Å². The summed E-state index contributed by atoms with van der Waals surface area (Å²) >= 11 is 1.39. The molecule has 1 N–H and O–H groups in total. The minimum atomic E-state index is -0.217. The lowest BCUT2D eigenvalue weighted by molar-refractivity contribution is 0.0950. The highest BCUT2D eigenvalue weighted by atomic mass is 32.1. The number of hydrogen-bond acceptors (Lipinski definition) is 7. The number of hydrogen-bond donors (Lipinski definition) is 1. The topological polar surface area (TPSA) is 78.9 Å². The third-order valence-corrected chi connectivity index (χ3v) is 5.55. The molecule has 0 aliphatic carbocycles. The summed E-state index contributed by atoms with van der Waals surface area (Å²) in [4.78, 5) is 17.1. The van der Waals surface area contributed by atoms with E-state index in [9.17, 15) is 4.79 Å². The van der Waals surface area contributed by atoms with Crippen LogP contribution in [-0.2, 0) is 6.42 Å². The number of nitrogens with zero attached hydrogens (tertiary/aromatic N) is 1. The lowest BCUT2D eigenvalue weighted by Crippen LogP contribution is -2.26. The molecular formula is C24H28N2O5S. The first kappa shape index (κ1) is 23.4. The normalized spacial score (nSPS) is 10.5. The van der Waals surface area contributed by atoms with Crippen LogP contribution in [0.15, 0.2) is 41.8 Å². The summed E-state index contributed by atoms with van der Waals surface area (Å²) in [6.07, 6.45) is 0.666. The lowest BCUT2D eigenvalue weighted by Gasteiger charge is -2.12. The van der Waals surface area contributed by atoms with Gasteiger partial charge in [-0.3, -0.25) is 4.79 Å². The number of aromatic nitrogens is 1. The molecule has 0 unspecified atom stereocenters. The van der Waals surface area contributed by atoms with Crippen molar-refractivity contribution >= 4 is 17.2 Å². The van der Waals surface area contributed by atoms with Crippen LogP contribution < -0.4 is 24.3 Å². The Hall–Kier alpha value is -3.26. The first-order chi connectivity index (χ1) is 15.6. The van der Waals surface area contributed by atoms with Crippen LogP contribution in [0.2, 0.25) is 0 Å². The van der Waals surface area contributed by atoms with Crippen molar-refractivity contribution in [1.29, 1.82) is 0 Å². The smallest absolute Gasteiger partial charge is 0.270 e. The zero-order chi connectivity index (χ0) is 22.9. The Morgan fingerprint density at radius 2 is 1.78 bits per heavy atom. The number of benzene rings is 2. The van der Waals surface area contributed by atoms with E-state index in [1.807, 2.05) is 50.2 Å². The summed E-state index contributed by atoms with van der Waals surface area (Å²) in [7, 11) is 3.17. The van der Waals surface area contributed by atoms with Crippen molar-refractivity contribution in [2.75, 3.05) is 34.0 Å². The molecule has 0 radical (unpaired) electrons. The van der Waals surface area contributed by atoms with E-state index in [1.165, 1.54) is 11.3 Å². The van der Waals surface area contributed by atoms with Crippen molar-refractivity contribution in [2.24, 2.45) is 0 Å². The van der Waals surface area contributed by atoms with E-state index < -0.39 is 0 Å². The van der Waals surface area contributed by atoms with Crippen molar-refractivity contribution in [3.63, 3.8) is 0 Å². The van der Waals surface area contributed by atoms with Gasteiger partial charge in [-0.1, -0.05) is 12.1 Å². The Bertz CT molecular complexity index is 1050. The van der Waals surface area contributed by atoms with Gasteiger partial charge in [0.05, 0.1) is 33.0 Å². The van der Waals surface area contributed by atoms with Crippen molar-refractivity contribution in [3.05, 3.63) is 53.0 Å². The Morgan fingerprint density at radius 1 is 1.00 bits per heavy atom. The van der Waals surface area contributed by atoms with Gasteiger partial charge in [0.25, 0.3) is 5.91 Å². The first-order valence-electron chi connectivity index (χ1n) is 10.4. The average Bonchev–Trinajstić information content (AvgIpc) is 3.30. The molecule has 32 heavy (non-hydrogen) atoms. The monoisotopic (exact) mass is 456 g/mol. The van der Waals surface area contributed by atoms with Crippen LogP contribution in [0.1, 0.15) is 29.9 Å². The van der Waals surface area contributed by atoms with Crippen LogP contribution in [0.25, 0.3) is 10.6 Å². The molecule has 7 nitrogen and oxygen atoms in total. The van der Waals surface area contributed by atoms with Crippen molar-refractivity contribution < 1.29 is 23.7 Å². The van der Waals surface area contributed by atoms with E-state index in [0.29, 0.717) is 48.4 Å². The van der Waals surface area contributed by atoms with Gasteiger partial charge < -0.3 is 24.3 Å². The summed E-state index contributed by atoms with van der Waals surface area (Å²) < 4.78 is 22.1. The predicted molar refractivity (Wildman–Crippen MR) is 125 cm³/mol. The van der Waals surface area contributed by atoms with Gasteiger partial charge in [0.2, 0.25) is 0 Å². The van der Waals surface area contributed by atoms with Gasteiger partial charge in [0.15, 0.2) is 23.0 Å². The SMILES string of the molecule is CCOc1ccc(CCNC(=O)c2csc(-c3cccc(OC)c3OC)n2)cc1OCC. The van der Waals surface area contributed by atoms with Gasteiger partial charge >= 0.3 is 0 Å². The summed E-state index contributed by atoms with van der Waals surface area (Å²) in [6.45, 7) is 5.49. The largest absolute Gasteiger partial charge is 0.493 e. The molecule has 1 aromatic heterocycles. The second-order valence-electron chi connectivity index (χ2n) is 6.73. The highest BCUT2D eigenvalue weighted by molar-refractivity contribution is 7.13.